The average molecular weight is 342 g/mol. The molecule has 3 aromatic rings. The number of methoxy groups -OCH3 is 1. The van der Waals surface area contributed by atoms with Gasteiger partial charge in [-0.3, -0.25) is 9.48 Å². The van der Waals surface area contributed by atoms with E-state index in [0.717, 1.165) is 5.56 Å². The van der Waals surface area contributed by atoms with Gasteiger partial charge in [0.05, 0.1) is 25.8 Å². The first kappa shape index (κ1) is 16.8. The number of hydrogen-bond acceptors (Lipinski definition) is 6. The lowest BCUT2D eigenvalue weighted by Crippen LogP contribution is -2.02. The molecule has 0 radical (unpaired) electrons. The van der Waals surface area contributed by atoms with Crippen molar-refractivity contribution in [1.82, 2.24) is 9.78 Å². The predicted molar refractivity (Wildman–Crippen MR) is 91.7 cm³/mol. The minimum absolute atomic E-state index is 0.0556. The lowest BCUT2D eigenvalue weighted by molar-refractivity contribution is 0.269. The Balaban J connectivity index is 2.20. The number of ether oxygens (including phenoxy) is 1. The zero-order valence-electron chi connectivity index (χ0n) is 13.9. The minimum Gasteiger partial charge on any atom is -0.502 e. The Hall–Kier alpha value is -3.06. The Kier molecular flexibility index (Phi) is 4.58. The predicted octanol–water partition coefficient (Wildman–Crippen LogP) is 2.19. The van der Waals surface area contributed by atoms with Crippen LogP contribution in [0.4, 0.5) is 0 Å². The number of aryl methyl sites for hydroxylation is 1. The van der Waals surface area contributed by atoms with Gasteiger partial charge >= 0.3 is 0 Å². The third kappa shape index (κ3) is 3.27. The first-order chi connectivity index (χ1) is 12.0. The summed E-state index contributed by atoms with van der Waals surface area (Å²) in [6, 6.07) is 8.44. The molecule has 25 heavy (non-hydrogen) atoms. The van der Waals surface area contributed by atoms with Gasteiger partial charge in [0.15, 0.2) is 5.76 Å². The number of aromatic nitrogens is 2. The number of nitrogens with zero attached hydrogens (tertiary/aromatic N) is 2. The van der Waals surface area contributed by atoms with E-state index in [-0.39, 0.29) is 18.9 Å². The van der Waals surface area contributed by atoms with Crippen LogP contribution in [0.15, 0.2) is 45.7 Å². The normalized spacial score (nSPS) is 10.8. The fourth-order valence-electron chi connectivity index (χ4n) is 2.55. The summed E-state index contributed by atoms with van der Waals surface area (Å²) in [6.07, 6.45) is 1.63. The van der Waals surface area contributed by atoms with Crippen LogP contribution in [-0.4, -0.2) is 33.7 Å². The van der Waals surface area contributed by atoms with E-state index in [1.807, 2.05) is 12.1 Å². The Morgan fingerprint density at radius 2 is 2.00 bits per heavy atom. The smallest absolute Gasteiger partial charge is 0.227 e. The highest BCUT2D eigenvalue weighted by molar-refractivity contribution is 5.80. The molecule has 1 aromatic carbocycles. The first-order valence-electron chi connectivity index (χ1n) is 7.70. The van der Waals surface area contributed by atoms with E-state index in [1.165, 1.54) is 10.7 Å². The molecule has 0 unspecified atom stereocenters. The lowest BCUT2D eigenvalue weighted by Gasteiger charge is -2.06. The van der Waals surface area contributed by atoms with E-state index >= 15 is 0 Å². The minimum atomic E-state index is -0.519. The quantitative estimate of drug-likeness (QED) is 0.737. The van der Waals surface area contributed by atoms with Crippen LogP contribution in [0.2, 0.25) is 0 Å². The van der Waals surface area contributed by atoms with Gasteiger partial charge in [0.25, 0.3) is 0 Å². The van der Waals surface area contributed by atoms with Crippen LogP contribution < -0.4 is 10.2 Å². The van der Waals surface area contributed by atoms with Crippen LogP contribution in [0.5, 0.6) is 11.5 Å². The second kappa shape index (κ2) is 6.82. The van der Waals surface area contributed by atoms with Gasteiger partial charge in [-0.05, 0) is 31.2 Å². The Morgan fingerprint density at radius 1 is 1.28 bits per heavy atom. The maximum atomic E-state index is 11.9. The van der Waals surface area contributed by atoms with Crippen molar-refractivity contribution in [2.75, 3.05) is 13.7 Å². The topological polar surface area (TPSA) is 97.7 Å². The molecule has 0 spiro atoms. The molecular formula is C18H18N2O5. The van der Waals surface area contributed by atoms with Gasteiger partial charge in [-0.25, -0.2) is 0 Å². The Labute approximate surface area is 143 Å². The fourth-order valence-corrected chi connectivity index (χ4v) is 2.55. The fraction of sp³-hybridized carbons (Fsp3) is 0.222. The van der Waals surface area contributed by atoms with Crippen molar-refractivity contribution < 1.29 is 19.4 Å². The van der Waals surface area contributed by atoms with Crippen molar-refractivity contribution in [3.05, 3.63) is 52.5 Å². The van der Waals surface area contributed by atoms with E-state index in [1.54, 1.807) is 32.4 Å². The van der Waals surface area contributed by atoms with Crippen LogP contribution in [0.3, 0.4) is 0 Å². The number of rotatable bonds is 5. The monoisotopic (exact) mass is 342 g/mol. The van der Waals surface area contributed by atoms with Gasteiger partial charge in [-0.15, -0.1) is 0 Å². The van der Waals surface area contributed by atoms with E-state index in [4.69, 9.17) is 9.15 Å². The maximum Gasteiger partial charge on any atom is 0.227 e. The van der Waals surface area contributed by atoms with Crippen LogP contribution >= 0.6 is 0 Å². The Bertz CT molecular complexity index is 941. The molecule has 130 valence electrons. The molecule has 0 saturated carbocycles. The molecule has 0 aliphatic carbocycles. The number of aliphatic hydroxyl groups excluding tert-OH is 1. The van der Waals surface area contributed by atoms with Gasteiger partial charge in [0.2, 0.25) is 11.2 Å². The van der Waals surface area contributed by atoms with Crippen molar-refractivity contribution in [2.45, 2.75) is 13.5 Å². The third-order valence-corrected chi connectivity index (χ3v) is 3.74. The molecule has 0 amide bonds. The summed E-state index contributed by atoms with van der Waals surface area (Å²) >= 11 is 0. The van der Waals surface area contributed by atoms with Crippen LogP contribution in [0, 0.1) is 6.92 Å². The molecule has 0 aliphatic rings. The van der Waals surface area contributed by atoms with Crippen molar-refractivity contribution >= 4 is 0 Å². The van der Waals surface area contributed by atoms with E-state index in [0.29, 0.717) is 22.8 Å². The molecule has 0 aliphatic heterocycles. The van der Waals surface area contributed by atoms with Gasteiger partial charge in [0.1, 0.15) is 17.2 Å². The van der Waals surface area contributed by atoms with Crippen molar-refractivity contribution in [2.24, 2.45) is 0 Å². The number of benzene rings is 1. The van der Waals surface area contributed by atoms with Gasteiger partial charge in [-0.2, -0.15) is 5.10 Å². The standard InChI is InChI=1S/C18H18N2O5/c1-11-9-15(22)17(23)18(25-11)14-10-20(7-8-21)19-16(14)12-3-5-13(24-2)6-4-12/h3-6,9-10,21,23H,7-8H2,1-2H3. The molecule has 7 nitrogen and oxygen atoms in total. The number of hydrogen-bond donors (Lipinski definition) is 2. The molecular weight excluding hydrogens is 324 g/mol. The lowest BCUT2D eigenvalue weighted by atomic mass is 10.1. The highest BCUT2D eigenvalue weighted by Crippen LogP contribution is 2.35. The second-order valence-electron chi connectivity index (χ2n) is 5.51. The molecule has 0 bridgehead atoms. The van der Waals surface area contributed by atoms with E-state index in [9.17, 15) is 15.0 Å². The summed E-state index contributed by atoms with van der Waals surface area (Å²) in [4.78, 5) is 11.9. The molecule has 0 fully saturated rings. The van der Waals surface area contributed by atoms with E-state index < -0.39 is 11.2 Å². The molecule has 3 rings (SSSR count). The summed E-state index contributed by atoms with van der Waals surface area (Å²) < 4.78 is 12.3. The third-order valence-electron chi connectivity index (χ3n) is 3.74. The summed E-state index contributed by atoms with van der Waals surface area (Å²) in [5.74, 6) is 0.669. The van der Waals surface area contributed by atoms with Crippen molar-refractivity contribution in [1.29, 1.82) is 0 Å². The highest BCUT2D eigenvalue weighted by atomic mass is 16.5. The van der Waals surface area contributed by atoms with Gasteiger partial charge in [0, 0.05) is 17.8 Å². The van der Waals surface area contributed by atoms with Gasteiger partial charge < -0.3 is 19.4 Å². The van der Waals surface area contributed by atoms with Crippen molar-refractivity contribution in [3.63, 3.8) is 0 Å². The van der Waals surface area contributed by atoms with E-state index in [2.05, 4.69) is 5.10 Å². The summed E-state index contributed by atoms with van der Waals surface area (Å²) in [6.45, 7) is 1.82. The molecule has 2 heterocycles. The second-order valence-corrected chi connectivity index (χ2v) is 5.51. The SMILES string of the molecule is COc1ccc(-c2nn(CCO)cc2-c2oc(C)cc(=O)c2O)cc1. The largest absolute Gasteiger partial charge is 0.502 e. The number of aromatic hydroxyl groups is 1. The van der Waals surface area contributed by atoms with Crippen LogP contribution in [-0.2, 0) is 6.54 Å². The maximum absolute atomic E-state index is 11.9. The molecule has 0 atom stereocenters. The zero-order chi connectivity index (χ0) is 18.0. The molecule has 2 N–H and O–H groups in total. The first-order valence-corrected chi connectivity index (χ1v) is 7.70. The summed E-state index contributed by atoms with van der Waals surface area (Å²) in [5, 5.41) is 23.8. The van der Waals surface area contributed by atoms with Crippen molar-refractivity contribution in [3.8, 4) is 34.1 Å². The Morgan fingerprint density at radius 3 is 2.64 bits per heavy atom. The zero-order valence-corrected chi connectivity index (χ0v) is 13.9. The summed E-state index contributed by atoms with van der Waals surface area (Å²) in [5.41, 5.74) is 1.24. The number of aliphatic hydroxyl groups is 1. The average Bonchev–Trinajstić information content (AvgIpc) is 3.02. The highest BCUT2D eigenvalue weighted by Gasteiger charge is 2.20. The molecule has 7 heteroatoms. The molecule has 2 aromatic heterocycles. The summed E-state index contributed by atoms with van der Waals surface area (Å²) in [7, 11) is 1.58. The molecule has 0 saturated heterocycles. The van der Waals surface area contributed by atoms with Crippen LogP contribution in [0.25, 0.3) is 22.6 Å². The van der Waals surface area contributed by atoms with Gasteiger partial charge in [-0.1, -0.05) is 0 Å². The van der Waals surface area contributed by atoms with Crippen LogP contribution in [0.1, 0.15) is 5.76 Å².